The predicted octanol–water partition coefficient (Wildman–Crippen LogP) is 6.81. The molecule has 1 aliphatic rings. The van der Waals surface area contributed by atoms with Gasteiger partial charge in [-0.3, -0.25) is 4.72 Å². The number of furan rings is 1. The van der Waals surface area contributed by atoms with E-state index in [4.69, 9.17) is 4.42 Å². The van der Waals surface area contributed by atoms with Crippen LogP contribution in [0.25, 0.3) is 21.7 Å². The third-order valence-corrected chi connectivity index (χ3v) is 7.96. The molecule has 0 fully saturated rings. The summed E-state index contributed by atoms with van der Waals surface area (Å²) in [5, 5.41) is 2.80. The highest BCUT2D eigenvalue weighted by Gasteiger charge is 2.25. The number of anilines is 1. The van der Waals surface area contributed by atoms with E-state index in [9.17, 15) is 8.42 Å². The molecule has 0 unspecified atom stereocenters. The Kier molecular flexibility index (Phi) is 4.86. The Morgan fingerprint density at radius 2 is 1.66 bits per heavy atom. The van der Waals surface area contributed by atoms with Gasteiger partial charge in [-0.15, -0.1) is 0 Å². The monoisotopic (exact) mass is 447 g/mol. The summed E-state index contributed by atoms with van der Waals surface area (Å²) in [6, 6.07) is 17.0. The van der Waals surface area contributed by atoms with Gasteiger partial charge < -0.3 is 4.42 Å². The number of nitrogens with one attached hydrogen (secondary N) is 1. The molecule has 1 aromatic heterocycles. The average molecular weight is 448 g/mol. The van der Waals surface area contributed by atoms with E-state index in [2.05, 4.69) is 32.4 Å². The summed E-state index contributed by atoms with van der Waals surface area (Å²) in [6.07, 6.45) is 3.01. The topological polar surface area (TPSA) is 59.3 Å². The number of rotatable bonds is 3. The Morgan fingerprint density at radius 1 is 0.969 bits per heavy atom. The van der Waals surface area contributed by atoms with Gasteiger partial charge in [0.15, 0.2) is 0 Å². The average Bonchev–Trinajstić information content (AvgIpc) is 3.11. The molecule has 166 valence electrons. The Balaban J connectivity index is 1.62. The van der Waals surface area contributed by atoms with Gasteiger partial charge in [0.2, 0.25) is 0 Å². The highest BCUT2D eigenvalue weighted by atomic mass is 32.2. The first-order valence-electron chi connectivity index (χ1n) is 11.2. The summed E-state index contributed by atoms with van der Waals surface area (Å²) in [5.41, 5.74) is 3.74. The van der Waals surface area contributed by atoms with Crippen LogP contribution in [0, 0.1) is 5.92 Å². The number of benzene rings is 3. The van der Waals surface area contributed by atoms with Crippen molar-refractivity contribution in [1.82, 2.24) is 0 Å². The van der Waals surface area contributed by atoms with E-state index in [0.29, 0.717) is 11.6 Å². The number of aryl methyl sites for hydroxylation is 1. The summed E-state index contributed by atoms with van der Waals surface area (Å²) < 4.78 is 35.7. The van der Waals surface area contributed by atoms with Crippen LogP contribution in [0.15, 0.2) is 63.9 Å². The van der Waals surface area contributed by atoms with Gasteiger partial charge in [-0.1, -0.05) is 64.1 Å². The molecule has 0 aliphatic heterocycles. The zero-order valence-corrected chi connectivity index (χ0v) is 19.8. The van der Waals surface area contributed by atoms with Crippen molar-refractivity contribution in [2.45, 2.75) is 57.3 Å². The van der Waals surface area contributed by atoms with E-state index in [-0.39, 0.29) is 10.3 Å². The van der Waals surface area contributed by atoms with Gasteiger partial charge in [-0.05, 0) is 47.9 Å². The minimum Gasteiger partial charge on any atom is -0.460 e. The number of sulfonamides is 1. The normalized spacial score (nSPS) is 16.9. The minimum atomic E-state index is -3.73. The van der Waals surface area contributed by atoms with Crippen molar-refractivity contribution in [3.63, 3.8) is 0 Å². The summed E-state index contributed by atoms with van der Waals surface area (Å²) in [6.45, 7) is 8.60. The van der Waals surface area contributed by atoms with Crippen LogP contribution < -0.4 is 4.72 Å². The van der Waals surface area contributed by atoms with E-state index in [0.717, 1.165) is 52.3 Å². The van der Waals surface area contributed by atoms with E-state index >= 15 is 0 Å². The molecular weight excluding hydrogens is 418 g/mol. The molecule has 5 heteroatoms. The van der Waals surface area contributed by atoms with Crippen LogP contribution in [0.2, 0.25) is 0 Å². The van der Waals surface area contributed by atoms with Crippen molar-refractivity contribution in [3.05, 3.63) is 71.5 Å². The molecule has 1 aliphatic carbocycles. The van der Waals surface area contributed by atoms with Crippen LogP contribution in [0.4, 0.5) is 5.69 Å². The van der Waals surface area contributed by atoms with Crippen LogP contribution in [0.3, 0.4) is 0 Å². The van der Waals surface area contributed by atoms with E-state index < -0.39 is 10.0 Å². The van der Waals surface area contributed by atoms with Crippen molar-refractivity contribution in [2.24, 2.45) is 5.92 Å². The van der Waals surface area contributed by atoms with Crippen LogP contribution in [-0.4, -0.2) is 8.42 Å². The molecular formula is C27H29NO3S. The summed E-state index contributed by atoms with van der Waals surface area (Å²) in [7, 11) is -3.73. The van der Waals surface area contributed by atoms with Crippen LogP contribution >= 0.6 is 0 Å². The lowest BCUT2D eigenvalue weighted by atomic mass is 9.87. The van der Waals surface area contributed by atoms with Crippen LogP contribution in [0.1, 0.15) is 51.0 Å². The van der Waals surface area contributed by atoms with E-state index in [1.54, 1.807) is 12.1 Å². The quantitative estimate of drug-likeness (QED) is 0.375. The summed E-state index contributed by atoms with van der Waals surface area (Å²) >= 11 is 0. The lowest BCUT2D eigenvalue weighted by Crippen LogP contribution is -2.15. The second-order valence-electron chi connectivity index (χ2n) is 10.1. The van der Waals surface area contributed by atoms with Crippen molar-refractivity contribution in [2.75, 3.05) is 4.72 Å². The molecule has 1 N–H and O–H groups in total. The van der Waals surface area contributed by atoms with Crippen molar-refractivity contribution >= 4 is 37.5 Å². The number of hydrogen-bond acceptors (Lipinski definition) is 3. The third kappa shape index (κ3) is 3.58. The molecule has 1 atom stereocenters. The summed E-state index contributed by atoms with van der Waals surface area (Å²) in [4.78, 5) is 0.262. The molecule has 0 saturated heterocycles. The molecule has 0 spiro atoms. The van der Waals surface area contributed by atoms with Gasteiger partial charge >= 0.3 is 0 Å². The summed E-state index contributed by atoms with van der Waals surface area (Å²) in [5.74, 6) is 1.64. The lowest BCUT2D eigenvalue weighted by molar-refractivity contribution is 0.439. The number of fused-ring (bicyclic) bond motifs is 5. The first-order valence-corrected chi connectivity index (χ1v) is 12.7. The van der Waals surface area contributed by atoms with Crippen molar-refractivity contribution < 1.29 is 12.8 Å². The highest BCUT2D eigenvalue weighted by molar-refractivity contribution is 7.92. The van der Waals surface area contributed by atoms with Gasteiger partial charge in [0.05, 0.1) is 10.6 Å². The van der Waals surface area contributed by atoms with Crippen LogP contribution in [0.5, 0.6) is 0 Å². The fraction of sp³-hybridized carbons (Fsp3) is 0.333. The zero-order valence-electron chi connectivity index (χ0n) is 19.0. The molecule has 0 saturated carbocycles. The fourth-order valence-electron chi connectivity index (χ4n) is 4.69. The fourth-order valence-corrected chi connectivity index (χ4v) is 5.76. The molecule has 4 aromatic rings. The van der Waals surface area contributed by atoms with Gasteiger partial charge in [-0.2, -0.15) is 0 Å². The van der Waals surface area contributed by atoms with Crippen molar-refractivity contribution in [1.29, 1.82) is 0 Å². The van der Waals surface area contributed by atoms with Gasteiger partial charge in [0.25, 0.3) is 10.0 Å². The number of hydrogen-bond donors (Lipinski definition) is 1. The van der Waals surface area contributed by atoms with Crippen molar-refractivity contribution in [3.8, 4) is 0 Å². The molecule has 0 amide bonds. The maximum absolute atomic E-state index is 13.3. The van der Waals surface area contributed by atoms with E-state index in [1.807, 2.05) is 42.5 Å². The molecule has 0 radical (unpaired) electrons. The van der Waals surface area contributed by atoms with Gasteiger partial charge in [0, 0.05) is 28.1 Å². The SMILES string of the molecule is C[C@@H]1CCc2oc3c(cc(NS(=O)(=O)c4ccc(C(C)(C)C)cc4)c4ccccc43)c2C1. The molecule has 3 aromatic carbocycles. The maximum atomic E-state index is 13.3. The second-order valence-corrected chi connectivity index (χ2v) is 11.8. The van der Waals surface area contributed by atoms with Gasteiger partial charge in [-0.25, -0.2) is 8.42 Å². The molecule has 0 bridgehead atoms. The molecule has 32 heavy (non-hydrogen) atoms. The second kappa shape index (κ2) is 7.38. The molecule has 1 heterocycles. The third-order valence-electron chi connectivity index (χ3n) is 6.57. The largest absolute Gasteiger partial charge is 0.460 e. The minimum absolute atomic E-state index is 0.0333. The maximum Gasteiger partial charge on any atom is 0.261 e. The van der Waals surface area contributed by atoms with Gasteiger partial charge in [0.1, 0.15) is 11.3 Å². The zero-order chi connectivity index (χ0) is 22.7. The predicted molar refractivity (Wildman–Crippen MR) is 131 cm³/mol. The van der Waals surface area contributed by atoms with Crippen LogP contribution in [-0.2, 0) is 28.3 Å². The first-order chi connectivity index (χ1) is 15.1. The Hall–Kier alpha value is -2.79. The Labute approximate surface area is 189 Å². The first kappa shape index (κ1) is 21.1. The molecule has 5 rings (SSSR count). The van der Waals surface area contributed by atoms with E-state index in [1.165, 1.54) is 5.56 Å². The standard InChI is InChI=1S/C27H29NO3S/c1-17-9-14-25-22(15-17)23-16-24(20-7-5-6-8-21(20)26(23)31-25)28-32(29,30)19-12-10-18(11-13-19)27(2,3)4/h5-8,10-13,16-17,28H,9,14-15H2,1-4H3/t17-/m1/s1. The highest BCUT2D eigenvalue weighted by Crippen LogP contribution is 2.40. The Morgan fingerprint density at radius 3 is 2.34 bits per heavy atom. The smallest absolute Gasteiger partial charge is 0.261 e. The molecule has 4 nitrogen and oxygen atoms in total. The lowest BCUT2D eigenvalue weighted by Gasteiger charge is -2.19. The Bertz CT molecular complexity index is 1420.